The molecule has 0 fully saturated rings. The fourth-order valence-corrected chi connectivity index (χ4v) is 2.68. The first-order valence-corrected chi connectivity index (χ1v) is 9.61. The Labute approximate surface area is 222 Å². The van der Waals surface area contributed by atoms with E-state index in [0.717, 1.165) is 18.2 Å². The van der Waals surface area contributed by atoms with Crippen LogP contribution in [0, 0.1) is 0 Å². The van der Waals surface area contributed by atoms with Crippen LogP contribution in [0.2, 0.25) is 0 Å². The number of alkyl halides is 15. The van der Waals surface area contributed by atoms with Crippen molar-refractivity contribution < 1.29 is 123 Å². The van der Waals surface area contributed by atoms with Crippen molar-refractivity contribution in [2.75, 3.05) is 0 Å². The molecular formula is C15H6F17NaO4S. The molecule has 4 nitrogen and oxygen atoms in total. The van der Waals surface area contributed by atoms with Gasteiger partial charge in [0.1, 0.15) is 0 Å². The fourth-order valence-electron chi connectivity index (χ4n) is 1.97. The smallest absolute Gasteiger partial charge is 1.00 e. The van der Waals surface area contributed by atoms with Crippen LogP contribution in [-0.2, 0) is 19.3 Å². The molecule has 216 valence electrons. The van der Waals surface area contributed by atoms with Crippen LogP contribution in [0.1, 0.15) is 1.43 Å². The zero-order valence-electron chi connectivity index (χ0n) is 18.4. The Hall–Kier alpha value is -1.52. The second-order valence-corrected chi connectivity index (χ2v) is 7.97. The Balaban J connectivity index is 0. The average Bonchev–Trinajstić information content (AvgIpc) is 2.76. The summed E-state index contributed by atoms with van der Waals surface area (Å²) in [6, 6.07) is 0.191. The predicted octanol–water partition coefficient (Wildman–Crippen LogP) is 3.92. The third-order valence-corrected chi connectivity index (χ3v) is 5.10. The number of hydrogen-bond donors (Lipinski definition) is 0. The first kappa shape index (κ1) is 36.5. The maximum atomic E-state index is 13.6. The van der Waals surface area contributed by atoms with Gasteiger partial charge in [0.25, 0.3) is 5.83 Å². The molecule has 0 radical (unpaired) electrons. The SMILES string of the molecule is O=S(=O)(OOC(F)=C(F)C(F)(F)C(F)(F)C(F)(F)C(F)(F)C(F)(F)C(F)(F)C(F)(F)F)c1ccccc1.[H-].[Na+]. The van der Waals surface area contributed by atoms with E-state index in [2.05, 4.69) is 9.22 Å². The Morgan fingerprint density at radius 3 is 1.39 bits per heavy atom. The molecule has 0 aromatic heterocycles. The Morgan fingerprint density at radius 1 is 0.632 bits per heavy atom. The van der Waals surface area contributed by atoms with Gasteiger partial charge in [0.2, 0.25) is 0 Å². The van der Waals surface area contributed by atoms with E-state index in [1.165, 1.54) is 0 Å². The van der Waals surface area contributed by atoms with Crippen LogP contribution >= 0.6 is 0 Å². The van der Waals surface area contributed by atoms with Gasteiger partial charge in [-0.05, 0) is 16.5 Å². The van der Waals surface area contributed by atoms with Crippen LogP contribution in [0.3, 0.4) is 0 Å². The Morgan fingerprint density at radius 2 is 1.00 bits per heavy atom. The predicted molar refractivity (Wildman–Crippen MR) is 81.9 cm³/mol. The molecule has 1 aromatic carbocycles. The van der Waals surface area contributed by atoms with Crippen molar-refractivity contribution in [3.63, 3.8) is 0 Å². The number of benzene rings is 1. The molecule has 0 bridgehead atoms. The van der Waals surface area contributed by atoms with Crippen molar-refractivity contribution in [1.29, 1.82) is 0 Å². The molecule has 0 aliphatic heterocycles. The maximum absolute atomic E-state index is 13.6. The summed E-state index contributed by atoms with van der Waals surface area (Å²) < 4.78 is 248. The normalized spacial score (nSPS) is 15.5. The van der Waals surface area contributed by atoms with E-state index in [1.54, 1.807) is 0 Å². The molecule has 0 saturated carbocycles. The third-order valence-electron chi connectivity index (χ3n) is 4.00. The summed E-state index contributed by atoms with van der Waals surface area (Å²) in [5, 5.41) is 0. The summed E-state index contributed by atoms with van der Waals surface area (Å²) in [7, 11) is -5.42. The molecule has 0 atom stereocenters. The average molecular weight is 628 g/mol. The van der Waals surface area contributed by atoms with Gasteiger partial charge in [-0.2, -0.15) is 83.1 Å². The Bertz CT molecular complexity index is 1120. The zero-order chi connectivity index (χ0) is 29.7. The van der Waals surface area contributed by atoms with E-state index < -0.39 is 68.6 Å². The van der Waals surface area contributed by atoms with E-state index in [4.69, 9.17) is 0 Å². The summed E-state index contributed by atoms with van der Waals surface area (Å²) in [5.74, 6) is -55.3. The first-order valence-electron chi connectivity index (χ1n) is 8.20. The molecule has 0 aliphatic carbocycles. The van der Waals surface area contributed by atoms with Crippen molar-refractivity contribution in [3.8, 4) is 0 Å². The second kappa shape index (κ2) is 10.8. The minimum absolute atomic E-state index is 0. The van der Waals surface area contributed by atoms with Crippen molar-refractivity contribution >= 4 is 10.1 Å². The molecule has 0 aliphatic rings. The number of halogens is 17. The molecule has 0 heterocycles. The zero-order valence-corrected chi connectivity index (χ0v) is 20.2. The van der Waals surface area contributed by atoms with Gasteiger partial charge in [0, 0.05) is 0 Å². The van der Waals surface area contributed by atoms with E-state index in [-0.39, 0.29) is 31.0 Å². The second-order valence-electron chi connectivity index (χ2n) is 6.45. The molecule has 0 spiro atoms. The molecular weight excluding hydrogens is 622 g/mol. The summed E-state index contributed by atoms with van der Waals surface area (Å²) >= 11 is 0. The summed E-state index contributed by atoms with van der Waals surface area (Å²) in [6.45, 7) is 0. The van der Waals surface area contributed by atoms with Gasteiger partial charge in [-0.1, -0.05) is 18.2 Å². The fraction of sp³-hybridized carbons (Fsp3) is 0.467. The first-order chi connectivity index (χ1) is 16.1. The quantitative estimate of drug-likeness (QED) is 0.130. The minimum Gasteiger partial charge on any atom is -1.00 e. The molecule has 0 N–H and O–H groups in total. The van der Waals surface area contributed by atoms with Crippen LogP contribution in [0.4, 0.5) is 74.6 Å². The van der Waals surface area contributed by atoms with Gasteiger partial charge >= 0.3 is 87.4 Å². The van der Waals surface area contributed by atoms with E-state index >= 15 is 0 Å². The summed E-state index contributed by atoms with van der Waals surface area (Å²) in [4.78, 5) is 1.73. The van der Waals surface area contributed by atoms with Gasteiger partial charge in [-0.25, -0.2) is 0 Å². The van der Waals surface area contributed by atoms with Crippen LogP contribution < -0.4 is 29.6 Å². The molecule has 23 heteroatoms. The Kier molecular flexibility index (Phi) is 10.4. The van der Waals surface area contributed by atoms with Gasteiger partial charge < -0.3 is 1.43 Å². The van der Waals surface area contributed by atoms with Crippen LogP contribution in [0.15, 0.2) is 47.1 Å². The molecule has 38 heavy (non-hydrogen) atoms. The number of hydrogen-bond acceptors (Lipinski definition) is 4. The monoisotopic (exact) mass is 628 g/mol. The number of rotatable bonds is 10. The van der Waals surface area contributed by atoms with Crippen LogP contribution in [0.5, 0.6) is 0 Å². The van der Waals surface area contributed by atoms with Gasteiger partial charge in [0.15, 0.2) is 0 Å². The molecule has 0 saturated heterocycles. The third kappa shape index (κ3) is 5.68. The van der Waals surface area contributed by atoms with E-state index in [0.29, 0.717) is 12.1 Å². The van der Waals surface area contributed by atoms with Gasteiger partial charge in [-0.15, -0.1) is 0 Å². The largest absolute Gasteiger partial charge is 1.00 e. The molecule has 1 rings (SSSR count). The van der Waals surface area contributed by atoms with Crippen molar-refractivity contribution in [2.24, 2.45) is 0 Å². The van der Waals surface area contributed by atoms with Crippen LogP contribution in [0.25, 0.3) is 0 Å². The molecule has 1 aromatic rings. The summed E-state index contributed by atoms with van der Waals surface area (Å²) in [5.41, 5.74) is 0. The maximum Gasteiger partial charge on any atom is 1.00 e. The standard InChI is InChI=1S/C15H5F17O4S.Na.H/c16-7(8(17)35-36-37(33,34)6-4-2-1-3-5-6)9(18,19)10(20,21)11(22,23)12(24,25)13(26,27)14(28,29)15(30,31)32;;/h1-5H;;/q;+1;-1. The summed E-state index contributed by atoms with van der Waals surface area (Å²) in [6.07, 6.45) is -7.85. The number of allylic oxidation sites excluding steroid dienone is 1. The molecule has 0 unspecified atom stereocenters. The van der Waals surface area contributed by atoms with E-state index in [1.807, 2.05) is 0 Å². The van der Waals surface area contributed by atoms with Gasteiger partial charge in [0.05, 0.1) is 4.90 Å². The van der Waals surface area contributed by atoms with Crippen molar-refractivity contribution in [1.82, 2.24) is 0 Å². The van der Waals surface area contributed by atoms with Crippen molar-refractivity contribution in [3.05, 3.63) is 42.2 Å². The van der Waals surface area contributed by atoms with Gasteiger partial charge in [-0.3, -0.25) is 4.89 Å². The minimum atomic E-state index is -8.74. The molecule has 0 amide bonds. The van der Waals surface area contributed by atoms with Crippen molar-refractivity contribution in [2.45, 2.75) is 46.6 Å². The topological polar surface area (TPSA) is 52.6 Å². The van der Waals surface area contributed by atoms with E-state index in [9.17, 15) is 83.1 Å². The van der Waals surface area contributed by atoms with Crippen LogP contribution in [-0.4, -0.2) is 50.1 Å².